The molecule has 0 amide bonds. The first-order valence-corrected chi connectivity index (χ1v) is 12.5. The molecule has 0 saturated heterocycles. The summed E-state index contributed by atoms with van der Waals surface area (Å²) in [6.07, 6.45) is 25.1. The van der Waals surface area contributed by atoms with Gasteiger partial charge in [0.15, 0.2) is 0 Å². The Hall–Kier alpha value is -1.44. The largest absolute Gasteiger partial charge is 0.207 e. The molecular formula is C28H40F2. The standard InChI is InChI=1S/C28H40F2/c1-2-3-4-5-6-7-8-9-12-22-15-17-23(18-16-22)27-13-10-11-14-28(27)24-19-25(29)21-26(30)20-24/h10-11,14,19-23,27H,2-9,12-13,15-18H2,1H3. The molecule has 2 aliphatic carbocycles. The highest BCUT2D eigenvalue weighted by Gasteiger charge is 2.30. The van der Waals surface area contributed by atoms with Crippen LogP contribution in [0.3, 0.4) is 0 Å². The Morgan fingerprint density at radius 3 is 2.10 bits per heavy atom. The van der Waals surface area contributed by atoms with Gasteiger partial charge in [-0.05, 0) is 60.3 Å². The van der Waals surface area contributed by atoms with Gasteiger partial charge in [0.1, 0.15) is 11.6 Å². The van der Waals surface area contributed by atoms with Crippen LogP contribution < -0.4 is 0 Å². The van der Waals surface area contributed by atoms with Crippen molar-refractivity contribution < 1.29 is 8.78 Å². The predicted molar refractivity (Wildman–Crippen MR) is 124 cm³/mol. The number of unbranched alkanes of at least 4 members (excludes halogenated alkanes) is 7. The van der Waals surface area contributed by atoms with Gasteiger partial charge in [-0.25, -0.2) is 8.78 Å². The highest BCUT2D eigenvalue weighted by Crippen LogP contribution is 2.43. The molecule has 0 radical (unpaired) electrons. The van der Waals surface area contributed by atoms with Crippen LogP contribution in [0.5, 0.6) is 0 Å². The zero-order chi connectivity index (χ0) is 21.2. The summed E-state index contributed by atoms with van der Waals surface area (Å²) >= 11 is 0. The third kappa shape index (κ3) is 7.06. The summed E-state index contributed by atoms with van der Waals surface area (Å²) in [5.74, 6) is 0.976. The first kappa shape index (κ1) is 23.2. The monoisotopic (exact) mass is 414 g/mol. The van der Waals surface area contributed by atoms with Crippen molar-refractivity contribution in [3.8, 4) is 0 Å². The van der Waals surface area contributed by atoms with Crippen LogP contribution in [0, 0.1) is 29.4 Å². The van der Waals surface area contributed by atoms with Crippen molar-refractivity contribution in [1.82, 2.24) is 0 Å². The van der Waals surface area contributed by atoms with Gasteiger partial charge in [-0.3, -0.25) is 0 Å². The van der Waals surface area contributed by atoms with E-state index in [4.69, 9.17) is 0 Å². The Balaban J connectivity index is 1.42. The molecule has 0 heterocycles. The first-order valence-electron chi connectivity index (χ1n) is 12.5. The van der Waals surface area contributed by atoms with Crippen LogP contribution in [0.2, 0.25) is 0 Å². The van der Waals surface area contributed by atoms with Crippen molar-refractivity contribution in [2.45, 2.75) is 96.8 Å². The molecule has 0 nitrogen and oxygen atoms in total. The van der Waals surface area contributed by atoms with E-state index in [1.54, 1.807) is 0 Å². The SMILES string of the molecule is CCCCCCCCCCC1CCC(C2CC=CC=C2c2cc(F)cc(F)c2)CC1. The Morgan fingerprint density at radius 2 is 1.43 bits per heavy atom. The number of hydrogen-bond donors (Lipinski definition) is 0. The van der Waals surface area contributed by atoms with E-state index in [0.29, 0.717) is 11.8 Å². The lowest BCUT2D eigenvalue weighted by atomic mass is 9.69. The summed E-state index contributed by atoms with van der Waals surface area (Å²) in [6, 6.07) is 3.96. The molecule has 0 bridgehead atoms. The molecule has 1 unspecified atom stereocenters. The van der Waals surface area contributed by atoms with Gasteiger partial charge in [-0.15, -0.1) is 0 Å². The summed E-state index contributed by atoms with van der Waals surface area (Å²) < 4.78 is 27.5. The quantitative estimate of drug-likeness (QED) is 0.316. The molecule has 0 N–H and O–H groups in total. The predicted octanol–water partition coefficient (Wildman–Crippen LogP) is 9.26. The van der Waals surface area contributed by atoms with Gasteiger partial charge in [0.25, 0.3) is 0 Å². The summed E-state index contributed by atoms with van der Waals surface area (Å²) in [5, 5.41) is 0. The van der Waals surface area contributed by atoms with E-state index in [9.17, 15) is 8.78 Å². The van der Waals surface area contributed by atoms with E-state index in [-0.39, 0.29) is 0 Å². The van der Waals surface area contributed by atoms with Crippen LogP contribution in [0.1, 0.15) is 102 Å². The van der Waals surface area contributed by atoms with Crippen LogP contribution in [-0.4, -0.2) is 0 Å². The molecule has 2 heteroatoms. The van der Waals surface area contributed by atoms with E-state index >= 15 is 0 Å². The fraction of sp³-hybridized carbons (Fsp3) is 0.643. The van der Waals surface area contributed by atoms with Gasteiger partial charge in [0, 0.05) is 6.07 Å². The fourth-order valence-corrected chi connectivity index (χ4v) is 5.57. The lowest BCUT2D eigenvalue weighted by Gasteiger charge is -2.36. The minimum Gasteiger partial charge on any atom is -0.207 e. The van der Waals surface area contributed by atoms with Crippen molar-refractivity contribution in [2.24, 2.45) is 17.8 Å². The molecule has 0 aromatic heterocycles. The second-order valence-corrected chi connectivity index (χ2v) is 9.59. The molecule has 1 saturated carbocycles. The molecule has 30 heavy (non-hydrogen) atoms. The van der Waals surface area contributed by atoms with E-state index in [2.05, 4.69) is 19.1 Å². The normalized spacial score (nSPS) is 24.1. The molecule has 166 valence electrons. The number of hydrogen-bond acceptors (Lipinski definition) is 0. The lowest BCUT2D eigenvalue weighted by Crippen LogP contribution is -2.23. The highest BCUT2D eigenvalue weighted by atomic mass is 19.1. The van der Waals surface area contributed by atoms with Crippen LogP contribution in [-0.2, 0) is 0 Å². The second kappa shape index (κ2) is 12.4. The van der Waals surface area contributed by atoms with Gasteiger partial charge in [-0.1, -0.05) is 95.8 Å². The van der Waals surface area contributed by atoms with Crippen LogP contribution in [0.25, 0.3) is 5.57 Å². The zero-order valence-electron chi connectivity index (χ0n) is 18.9. The number of rotatable bonds is 11. The maximum absolute atomic E-state index is 13.8. The molecule has 1 aromatic rings. The third-order valence-electron chi connectivity index (χ3n) is 7.32. The van der Waals surface area contributed by atoms with Crippen molar-refractivity contribution >= 4 is 5.57 Å². The van der Waals surface area contributed by atoms with E-state index < -0.39 is 11.6 Å². The highest BCUT2D eigenvalue weighted by molar-refractivity contribution is 5.70. The van der Waals surface area contributed by atoms with Crippen molar-refractivity contribution in [3.63, 3.8) is 0 Å². The van der Waals surface area contributed by atoms with Crippen LogP contribution >= 0.6 is 0 Å². The molecule has 1 atom stereocenters. The lowest BCUT2D eigenvalue weighted by molar-refractivity contribution is 0.222. The minimum absolute atomic E-state index is 0.403. The maximum Gasteiger partial charge on any atom is 0.126 e. The smallest absolute Gasteiger partial charge is 0.126 e. The van der Waals surface area contributed by atoms with Crippen molar-refractivity contribution in [3.05, 3.63) is 53.6 Å². The third-order valence-corrected chi connectivity index (χ3v) is 7.32. The average molecular weight is 415 g/mol. The Morgan fingerprint density at radius 1 is 0.800 bits per heavy atom. The number of benzene rings is 1. The minimum atomic E-state index is -0.478. The van der Waals surface area contributed by atoms with Crippen molar-refractivity contribution in [1.29, 1.82) is 0 Å². The van der Waals surface area contributed by atoms with E-state index in [1.165, 1.54) is 95.6 Å². The molecule has 2 aliphatic rings. The molecule has 1 aromatic carbocycles. The van der Waals surface area contributed by atoms with E-state index in [1.807, 2.05) is 6.08 Å². The Bertz CT molecular complexity index is 674. The first-order chi connectivity index (χ1) is 14.7. The van der Waals surface area contributed by atoms with E-state index in [0.717, 1.165) is 29.5 Å². The van der Waals surface area contributed by atoms with Gasteiger partial charge in [-0.2, -0.15) is 0 Å². The van der Waals surface area contributed by atoms with Crippen LogP contribution in [0.15, 0.2) is 36.4 Å². The molecule has 3 rings (SSSR count). The molecule has 0 spiro atoms. The van der Waals surface area contributed by atoms with Crippen molar-refractivity contribution in [2.75, 3.05) is 0 Å². The van der Waals surface area contributed by atoms with Gasteiger partial charge >= 0.3 is 0 Å². The maximum atomic E-state index is 13.8. The van der Waals surface area contributed by atoms with Gasteiger partial charge in [0.2, 0.25) is 0 Å². The molecule has 1 fully saturated rings. The number of allylic oxidation sites excluding steroid dienone is 4. The Labute approximate surface area is 182 Å². The summed E-state index contributed by atoms with van der Waals surface area (Å²) in [4.78, 5) is 0. The molecule has 0 aliphatic heterocycles. The van der Waals surface area contributed by atoms with Gasteiger partial charge in [0.05, 0.1) is 0 Å². The molecular weight excluding hydrogens is 374 g/mol. The Kier molecular flexibility index (Phi) is 9.62. The summed E-state index contributed by atoms with van der Waals surface area (Å²) in [7, 11) is 0. The average Bonchev–Trinajstić information content (AvgIpc) is 2.75. The second-order valence-electron chi connectivity index (χ2n) is 9.59. The van der Waals surface area contributed by atoms with Crippen LogP contribution in [0.4, 0.5) is 8.78 Å². The summed E-state index contributed by atoms with van der Waals surface area (Å²) in [5.41, 5.74) is 1.85. The number of halogens is 2. The fourth-order valence-electron chi connectivity index (χ4n) is 5.57. The topological polar surface area (TPSA) is 0 Å². The summed E-state index contributed by atoms with van der Waals surface area (Å²) in [6.45, 7) is 2.28. The zero-order valence-corrected chi connectivity index (χ0v) is 18.9. The van der Waals surface area contributed by atoms with Gasteiger partial charge < -0.3 is 0 Å².